The van der Waals surface area contributed by atoms with Crippen LogP contribution in [0.3, 0.4) is 0 Å². The summed E-state index contributed by atoms with van der Waals surface area (Å²) in [5.41, 5.74) is 0.0605. The molecule has 0 fully saturated rings. The van der Waals surface area contributed by atoms with Crippen molar-refractivity contribution in [2.24, 2.45) is 0 Å². The number of rotatable bonds is 7. The van der Waals surface area contributed by atoms with Crippen molar-refractivity contribution in [3.8, 4) is 5.75 Å². The van der Waals surface area contributed by atoms with E-state index >= 15 is 0 Å². The van der Waals surface area contributed by atoms with Crippen LogP contribution in [0.4, 0.5) is 14.5 Å². The van der Waals surface area contributed by atoms with Crippen LogP contribution in [0.25, 0.3) is 6.08 Å². The van der Waals surface area contributed by atoms with E-state index in [4.69, 9.17) is 4.74 Å². The number of aryl methyl sites for hydroxylation is 1. The van der Waals surface area contributed by atoms with Gasteiger partial charge in [0.05, 0.1) is 5.69 Å². The molecule has 0 unspecified atom stereocenters. The van der Waals surface area contributed by atoms with Gasteiger partial charge in [-0.2, -0.15) is 8.78 Å². The summed E-state index contributed by atoms with van der Waals surface area (Å²) < 4.78 is 34.1. The zero-order chi connectivity index (χ0) is 19.1. The highest BCUT2D eigenvalue weighted by atomic mass is 32.1. The van der Waals surface area contributed by atoms with E-state index in [2.05, 4.69) is 10.1 Å². The van der Waals surface area contributed by atoms with Crippen molar-refractivity contribution in [1.29, 1.82) is 0 Å². The number of carbonyl (C=O) groups excluding carboxylic acids is 2. The first-order valence-electron chi connectivity index (χ1n) is 7.65. The topological polar surface area (TPSA) is 64.6 Å². The summed E-state index contributed by atoms with van der Waals surface area (Å²) in [5, 5.41) is 2.40. The Morgan fingerprint density at radius 1 is 1.19 bits per heavy atom. The van der Waals surface area contributed by atoms with Crippen molar-refractivity contribution in [2.45, 2.75) is 26.6 Å². The monoisotopic (exact) mass is 381 g/mol. The van der Waals surface area contributed by atoms with Gasteiger partial charge < -0.3 is 14.8 Å². The predicted octanol–water partition coefficient (Wildman–Crippen LogP) is 4.24. The third kappa shape index (κ3) is 5.96. The summed E-state index contributed by atoms with van der Waals surface area (Å²) in [6, 6.07) is 9.53. The highest BCUT2D eigenvalue weighted by Crippen LogP contribution is 2.25. The van der Waals surface area contributed by atoms with Crippen molar-refractivity contribution in [2.75, 3.05) is 5.32 Å². The molecule has 1 N–H and O–H groups in total. The average molecular weight is 381 g/mol. The molecule has 1 aromatic heterocycles. The number of thiophene rings is 1. The Labute approximate surface area is 153 Å². The molecule has 0 aliphatic rings. The molecule has 5 nitrogen and oxygen atoms in total. The number of anilines is 1. The van der Waals surface area contributed by atoms with Gasteiger partial charge >= 0.3 is 12.6 Å². The fourth-order valence-electron chi connectivity index (χ4n) is 1.96. The Morgan fingerprint density at radius 2 is 1.92 bits per heavy atom. The number of alkyl halides is 2. The number of para-hydroxylation sites is 2. The summed E-state index contributed by atoms with van der Waals surface area (Å²) in [4.78, 5) is 25.9. The molecule has 1 heterocycles. The Kier molecular flexibility index (Phi) is 6.85. The van der Waals surface area contributed by atoms with E-state index in [0.717, 1.165) is 9.75 Å². The van der Waals surface area contributed by atoms with Crippen LogP contribution >= 0.6 is 11.3 Å². The molecule has 0 aliphatic carbocycles. The maximum Gasteiger partial charge on any atom is 0.387 e. The number of carbonyl (C=O) groups is 2. The first kappa shape index (κ1) is 19.6. The number of ether oxygens (including phenoxy) is 2. The Bertz CT molecular complexity index is 804. The van der Waals surface area contributed by atoms with E-state index in [0.29, 0.717) is 0 Å². The van der Waals surface area contributed by atoms with Crippen LogP contribution in [0.2, 0.25) is 0 Å². The van der Waals surface area contributed by atoms with Crippen molar-refractivity contribution < 1.29 is 27.8 Å². The molecule has 0 bridgehead atoms. The first-order chi connectivity index (χ1) is 12.3. The number of amides is 1. The van der Waals surface area contributed by atoms with Gasteiger partial charge in [0, 0.05) is 15.8 Å². The normalized spacial score (nSPS) is 12.2. The van der Waals surface area contributed by atoms with E-state index in [9.17, 15) is 18.4 Å². The molecule has 26 heavy (non-hydrogen) atoms. The van der Waals surface area contributed by atoms with Crippen molar-refractivity contribution >= 4 is 35.0 Å². The first-order valence-corrected chi connectivity index (χ1v) is 8.46. The minimum absolute atomic E-state index is 0.0605. The minimum atomic E-state index is -3.02. The average Bonchev–Trinajstić information content (AvgIpc) is 2.99. The van der Waals surface area contributed by atoms with Gasteiger partial charge in [-0.1, -0.05) is 12.1 Å². The molecule has 2 aromatic rings. The summed E-state index contributed by atoms with van der Waals surface area (Å²) in [6.07, 6.45) is 1.70. The number of hydrogen-bond donors (Lipinski definition) is 1. The van der Waals surface area contributed by atoms with E-state index in [1.807, 2.05) is 19.1 Å². The minimum Gasteiger partial charge on any atom is -0.449 e. The molecule has 1 atom stereocenters. The maximum atomic E-state index is 12.4. The second-order valence-electron chi connectivity index (χ2n) is 5.22. The van der Waals surface area contributed by atoms with Gasteiger partial charge in [-0.25, -0.2) is 4.79 Å². The quantitative estimate of drug-likeness (QED) is 0.575. The molecular formula is C18H17F2NO4S. The molecule has 0 aliphatic heterocycles. The van der Waals surface area contributed by atoms with Gasteiger partial charge in [-0.15, -0.1) is 11.3 Å². The summed E-state index contributed by atoms with van der Waals surface area (Å²) >= 11 is 1.51. The fourth-order valence-corrected chi connectivity index (χ4v) is 2.74. The predicted molar refractivity (Wildman–Crippen MR) is 95.3 cm³/mol. The van der Waals surface area contributed by atoms with Gasteiger partial charge in [-0.05, 0) is 44.2 Å². The second kappa shape index (κ2) is 9.10. The Balaban J connectivity index is 1.93. The lowest BCUT2D eigenvalue weighted by Gasteiger charge is -2.15. The molecular weight excluding hydrogens is 364 g/mol. The van der Waals surface area contributed by atoms with Gasteiger partial charge in [0.2, 0.25) is 0 Å². The molecule has 0 saturated heterocycles. The number of esters is 1. The molecule has 0 spiro atoms. The van der Waals surface area contributed by atoms with Crippen LogP contribution in [-0.2, 0) is 14.3 Å². The van der Waals surface area contributed by atoms with E-state index in [-0.39, 0.29) is 11.4 Å². The molecule has 138 valence electrons. The molecule has 1 amide bonds. The van der Waals surface area contributed by atoms with Crippen LogP contribution in [0.5, 0.6) is 5.75 Å². The Hall–Kier alpha value is -2.74. The number of hydrogen-bond acceptors (Lipinski definition) is 5. The fraction of sp³-hybridized carbons (Fsp3) is 0.222. The van der Waals surface area contributed by atoms with Gasteiger partial charge in [0.1, 0.15) is 5.75 Å². The third-order valence-corrected chi connectivity index (χ3v) is 4.13. The summed E-state index contributed by atoms with van der Waals surface area (Å²) in [7, 11) is 0. The Morgan fingerprint density at radius 3 is 2.58 bits per heavy atom. The van der Waals surface area contributed by atoms with E-state index in [1.165, 1.54) is 42.5 Å². The van der Waals surface area contributed by atoms with Crippen molar-refractivity contribution in [1.82, 2.24) is 0 Å². The maximum absolute atomic E-state index is 12.4. The van der Waals surface area contributed by atoms with Gasteiger partial charge in [0.15, 0.2) is 6.10 Å². The lowest BCUT2D eigenvalue weighted by atomic mass is 10.2. The van der Waals surface area contributed by atoms with E-state index < -0.39 is 24.6 Å². The number of nitrogens with one attached hydrogen (secondary N) is 1. The lowest BCUT2D eigenvalue weighted by Crippen LogP contribution is -2.29. The van der Waals surface area contributed by atoms with E-state index in [1.54, 1.807) is 12.1 Å². The van der Waals surface area contributed by atoms with Crippen LogP contribution in [0.15, 0.2) is 42.5 Å². The molecule has 0 saturated carbocycles. The lowest BCUT2D eigenvalue weighted by molar-refractivity contribution is -0.148. The van der Waals surface area contributed by atoms with Crippen LogP contribution in [0.1, 0.15) is 16.7 Å². The molecule has 0 radical (unpaired) electrons. The standard InChI is InChI=1S/C18H17F2NO4S/c1-11-7-8-13(26-11)9-10-16(22)24-12(2)17(23)21-14-5-3-4-6-15(14)25-18(19)20/h3-10,12,18H,1-2H3,(H,21,23)/b10-9+/t12-/m0/s1. The summed E-state index contributed by atoms with van der Waals surface area (Å²) in [5.74, 6) is -1.53. The molecule has 2 rings (SSSR count). The molecule has 1 aromatic carbocycles. The second-order valence-corrected chi connectivity index (χ2v) is 6.54. The van der Waals surface area contributed by atoms with Crippen LogP contribution < -0.4 is 10.1 Å². The van der Waals surface area contributed by atoms with Crippen molar-refractivity contribution in [3.05, 3.63) is 52.2 Å². The molecule has 8 heteroatoms. The number of halogens is 2. The van der Waals surface area contributed by atoms with Crippen LogP contribution in [-0.4, -0.2) is 24.6 Å². The smallest absolute Gasteiger partial charge is 0.387 e. The number of benzene rings is 1. The zero-order valence-electron chi connectivity index (χ0n) is 14.1. The SMILES string of the molecule is Cc1ccc(/C=C/C(=O)O[C@@H](C)C(=O)Nc2ccccc2OC(F)F)s1. The largest absolute Gasteiger partial charge is 0.449 e. The van der Waals surface area contributed by atoms with Crippen LogP contribution in [0, 0.1) is 6.92 Å². The highest BCUT2D eigenvalue weighted by molar-refractivity contribution is 7.12. The highest BCUT2D eigenvalue weighted by Gasteiger charge is 2.19. The van der Waals surface area contributed by atoms with Crippen molar-refractivity contribution in [3.63, 3.8) is 0 Å². The van der Waals surface area contributed by atoms with Gasteiger partial charge in [-0.3, -0.25) is 4.79 Å². The third-order valence-electron chi connectivity index (χ3n) is 3.17. The zero-order valence-corrected chi connectivity index (χ0v) is 14.9. The summed E-state index contributed by atoms with van der Waals surface area (Å²) in [6.45, 7) is 0.310. The van der Waals surface area contributed by atoms with Gasteiger partial charge in [0.25, 0.3) is 5.91 Å².